The fraction of sp³-hybridized carbons (Fsp3) is 0.0787. The third-order valence-corrected chi connectivity index (χ3v) is 16.6. The van der Waals surface area contributed by atoms with Crippen LogP contribution >= 0.6 is 0 Å². The molecule has 0 aliphatic heterocycles. The lowest BCUT2D eigenvalue weighted by atomic mass is 10.1. The molecule has 9 heteroatoms. The van der Waals surface area contributed by atoms with E-state index in [9.17, 15) is 19.2 Å². The summed E-state index contributed by atoms with van der Waals surface area (Å²) >= 11 is 0. The van der Waals surface area contributed by atoms with E-state index in [4.69, 9.17) is 0 Å². The average Bonchev–Trinajstić information content (AvgIpc) is 0.815. The maximum Gasteiger partial charge on any atom is 0.150 e. The van der Waals surface area contributed by atoms with Gasteiger partial charge in [0, 0.05) is 108 Å². The Balaban J connectivity index is 0.000000163. The molecule has 0 radical (unpaired) electrons. The third kappa shape index (κ3) is 16.9. The van der Waals surface area contributed by atoms with Crippen molar-refractivity contribution in [3.05, 3.63) is 377 Å². The van der Waals surface area contributed by atoms with Crippen LogP contribution in [0.3, 0.4) is 0 Å². The number of aldehydes is 4. The van der Waals surface area contributed by atoms with E-state index in [-0.39, 0.29) is 7.43 Å². The maximum atomic E-state index is 11.2. The summed E-state index contributed by atoms with van der Waals surface area (Å²) in [6, 6.07) is 109. The largest absolute Gasteiger partial charge is 0.311 e. The van der Waals surface area contributed by atoms with Gasteiger partial charge in [-0.25, -0.2) is 0 Å². The summed E-state index contributed by atoms with van der Waals surface area (Å²) in [5.74, 6) is 0. The van der Waals surface area contributed by atoms with Gasteiger partial charge in [0.05, 0.1) is 0 Å². The van der Waals surface area contributed by atoms with E-state index in [1.54, 1.807) is 0 Å². The van der Waals surface area contributed by atoms with Gasteiger partial charge in [0.15, 0.2) is 0 Å². The zero-order chi connectivity index (χ0) is 67.6. The molecule has 0 bridgehead atoms. The summed E-state index contributed by atoms with van der Waals surface area (Å²) < 4.78 is 0. The highest BCUT2D eigenvalue weighted by Crippen LogP contribution is 2.42. The molecule has 0 N–H and O–H groups in total. The number of hydrogen-bond acceptors (Lipinski definition) is 9. The highest BCUT2D eigenvalue weighted by atomic mass is 16.1. The standard InChI is InChI=1S/C34H28N2O2.C33H28N2O.C21H19NO.CH4/c1-25-3-11-29(12-4-25)35(31-15-7-27(23-37)8-16-31)33-19-21-34(22-20-33)36(30-13-5-26(2)6-14-30)32-17-9-28(24-38)10-18-32;1-25-8-14-29(15-9-25)34(28-6-4-3-5-7-28)32-20-22-33(23-21-32)35(30-16-10-26(2)11-17-30)31-18-12-27(24-36)13-19-31;1-16-3-9-19(10-4-16)22(20-11-5-17(2)6-12-20)21-13-7-18(15-23)8-14-21;/h3-24H,1-2H3;3-24H,1-2H3;3-15H,1-2H3;1H4. The number of carbonyl (C=O) groups excluding carboxylic acids is 4. The molecule has 0 saturated heterocycles. The van der Waals surface area contributed by atoms with Crippen LogP contribution in [0.1, 0.15) is 82.2 Å². The number of carbonyl (C=O) groups is 4. The van der Waals surface area contributed by atoms with E-state index in [1.807, 2.05) is 103 Å². The SMILES string of the molecule is C.Cc1ccc(N(c2ccc(C)cc2)c2ccc(C=O)cc2)cc1.Cc1ccc(N(c2ccc(C=O)cc2)c2ccc(N(c3ccc(C)cc3)c3ccc(C=O)cc3)cc2)cc1.Cc1ccc(N(c2ccccc2)c2ccc(N(c3ccc(C)cc3)c3ccc(C=O)cc3)cc2)cc1. The molecule has 0 aliphatic rings. The molecular weight excluding hydrogens is 1200 g/mol. The number of para-hydroxylation sites is 1. The van der Waals surface area contributed by atoms with Gasteiger partial charge in [0.25, 0.3) is 0 Å². The van der Waals surface area contributed by atoms with Crippen molar-refractivity contribution in [2.24, 2.45) is 0 Å². The fourth-order valence-corrected chi connectivity index (χ4v) is 11.3. The molecule has 484 valence electrons. The summed E-state index contributed by atoms with van der Waals surface area (Å²) in [7, 11) is 0. The Morgan fingerprint density at radius 2 is 0.276 bits per heavy atom. The van der Waals surface area contributed by atoms with Crippen molar-refractivity contribution in [2.75, 3.05) is 24.5 Å². The Hall–Kier alpha value is -12.5. The van der Waals surface area contributed by atoms with Crippen molar-refractivity contribution in [1.82, 2.24) is 0 Å². The Kier molecular flexibility index (Phi) is 22.8. The molecule has 0 aliphatic carbocycles. The van der Waals surface area contributed by atoms with Crippen molar-refractivity contribution in [3.8, 4) is 0 Å². The van der Waals surface area contributed by atoms with Crippen molar-refractivity contribution >= 4 is 110 Å². The lowest BCUT2D eigenvalue weighted by Gasteiger charge is -2.28. The van der Waals surface area contributed by atoms with Crippen LogP contribution in [0.2, 0.25) is 0 Å². The normalized spacial score (nSPS) is 10.4. The molecule has 9 nitrogen and oxygen atoms in total. The van der Waals surface area contributed by atoms with Crippen LogP contribution in [0.5, 0.6) is 0 Å². The van der Waals surface area contributed by atoms with E-state index >= 15 is 0 Å². The first kappa shape index (κ1) is 68.4. The van der Waals surface area contributed by atoms with E-state index in [1.165, 1.54) is 33.4 Å². The van der Waals surface area contributed by atoms with Gasteiger partial charge in [-0.2, -0.15) is 0 Å². The Morgan fingerprint density at radius 3 is 0.408 bits per heavy atom. The van der Waals surface area contributed by atoms with E-state index in [0.717, 1.165) is 110 Å². The molecule has 0 aromatic heterocycles. The van der Waals surface area contributed by atoms with Gasteiger partial charge in [0.1, 0.15) is 25.1 Å². The molecule has 13 rings (SSSR count). The highest BCUT2D eigenvalue weighted by Gasteiger charge is 2.19. The van der Waals surface area contributed by atoms with Crippen LogP contribution in [-0.4, -0.2) is 25.1 Å². The summed E-state index contributed by atoms with van der Waals surface area (Å²) in [6.07, 6.45) is 3.45. The van der Waals surface area contributed by atoms with Gasteiger partial charge in [-0.3, -0.25) is 19.2 Å². The number of hydrogen-bond donors (Lipinski definition) is 0. The molecule has 0 saturated carbocycles. The molecule has 13 aromatic rings. The zero-order valence-electron chi connectivity index (χ0n) is 55.3. The molecule has 13 aromatic carbocycles. The number of anilines is 15. The van der Waals surface area contributed by atoms with Gasteiger partial charge >= 0.3 is 0 Å². The predicted octanol–water partition coefficient (Wildman–Crippen LogP) is 24.1. The Bertz CT molecular complexity index is 4520. The summed E-state index contributed by atoms with van der Waals surface area (Å²) in [6.45, 7) is 12.5. The molecule has 0 fully saturated rings. The Morgan fingerprint density at radius 1 is 0.163 bits per heavy atom. The zero-order valence-corrected chi connectivity index (χ0v) is 55.3. The fourth-order valence-electron chi connectivity index (χ4n) is 11.3. The first-order chi connectivity index (χ1) is 47.3. The van der Waals surface area contributed by atoms with E-state index < -0.39 is 0 Å². The Labute approximate surface area is 577 Å². The van der Waals surface area contributed by atoms with Crippen LogP contribution in [0.15, 0.2) is 322 Å². The summed E-state index contributed by atoms with van der Waals surface area (Å²) in [5.41, 5.74) is 25.5. The number of rotatable bonds is 19. The quantitative estimate of drug-likeness (QED) is 0.0735. The van der Waals surface area contributed by atoms with Crippen LogP contribution in [0.4, 0.5) is 85.3 Å². The third-order valence-electron chi connectivity index (χ3n) is 16.6. The maximum absolute atomic E-state index is 11.2. The number of aryl methyl sites for hydroxylation is 6. The molecule has 0 spiro atoms. The van der Waals surface area contributed by atoms with Crippen LogP contribution < -0.4 is 24.5 Å². The lowest BCUT2D eigenvalue weighted by molar-refractivity contribution is 0.111. The van der Waals surface area contributed by atoms with Crippen molar-refractivity contribution in [3.63, 3.8) is 0 Å². The van der Waals surface area contributed by atoms with Crippen molar-refractivity contribution < 1.29 is 19.2 Å². The number of benzene rings is 13. The first-order valence-corrected chi connectivity index (χ1v) is 32.2. The van der Waals surface area contributed by atoms with Crippen molar-refractivity contribution in [2.45, 2.75) is 49.0 Å². The van der Waals surface area contributed by atoms with Crippen LogP contribution in [-0.2, 0) is 0 Å². The van der Waals surface area contributed by atoms with Crippen LogP contribution in [0, 0.1) is 41.5 Å². The second kappa shape index (κ2) is 32.6. The second-order valence-electron chi connectivity index (χ2n) is 23.9. The summed E-state index contributed by atoms with van der Waals surface area (Å²) in [5, 5.41) is 0. The predicted molar refractivity (Wildman–Crippen MR) is 409 cm³/mol. The molecular formula is C89H79N5O4. The first-order valence-electron chi connectivity index (χ1n) is 32.2. The minimum atomic E-state index is 0. The minimum absolute atomic E-state index is 0. The topological polar surface area (TPSA) is 84.5 Å². The number of nitrogens with zero attached hydrogens (tertiary/aromatic N) is 5. The molecule has 0 heterocycles. The van der Waals surface area contributed by atoms with Gasteiger partial charge in [-0.1, -0.05) is 132 Å². The minimum Gasteiger partial charge on any atom is -0.311 e. The smallest absolute Gasteiger partial charge is 0.150 e. The van der Waals surface area contributed by atoms with Crippen molar-refractivity contribution in [1.29, 1.82) is 0 Å². The summed E-state index contributed by atoms with van der Waals surface area (Å²) in [4.78, 5) is 55.5. The van der Waals surface area contributed by atoms with Gasteiger partial charge in [-0.05, 0) is 272 Å². The highest BCUT2D eigenvalue weighted by molar-refractivity contribution is 5.87. The monoisotopic (exact) mass is 1280 g/mol. The van der Waals surface area contributed by atoms with Gasteiger partial charge < -0.3 is 24.5 Å². The second-order valence-corrected chi connectivity index (χ2v) is 23.9. The molecule has 0 atom stereocenters. The van der Waals surface area contributed by atoms with Crippen LogP contribution in [0.25, 0.3) is 0 Å². The lowest BCUT2D eigenvalue weighted by Crippen LogP contribution is -2.12. The molecule has 0 amide bonds. The average molecular weight is 1280 g/mol. The molecule has 98 heavy (non-hydrogen) atoms. The van der Waals surface area contributed by atoms with E-state index in [0.29, 0.717) is 22.3 Å². The van der Waals surface area contributed by atoms with Gasteiger partial charge in [-0.15, -0.1) is 0 Å². The molecule has 0 unspecified atom stereocenters. The van der Waals surface area contributed by atoms with E-state index in [2.05, 4.69) is 284 Å². The van der Waals surface area contributed by atoms with Gasteiger partial charge in [0.2, 0.25) is 0 Å².